The summed E-state index contributed by atoms with van der Waals surface area (Å²) in [7, 11) is 0. The van der Waals surface area contributed by atoms with E-state index in [0.717, 1.165) is 33.5 Å². The molecule has 0 bridgehead atoms. The maximum absolute atomic E-state index is 12.5. The first-order valence-corrected chi connectivity index (χ1v) is 8.84. The lowest BCUT2D eigenvalue weighted by Crippen LogP contribution is -2.36. The van der Waals surface area contributed by atoms with Gasteiger partial charge in [0.15, 0.2) is 0 Å². The Morgan fingerprint density at radius 1 is 1.23 bits per heavy atom. The summed E-state index contributed by atoms with van der Waals surface area (Å²) in [5.74, 6) is 0.504. The molecule has 0 saturated carbocycles. The Kier molecular flexibility index (Phi) is 4.99. The van der Waals surface area contributed by atoms with Crippen molar-refractivity contribution in [2.45, 2.75) is 20.8 Å². The normalized spacial score (nSPS) is 15.8. The largest absolute Gasteiger partial charge is 0.466 e. The molecule has 1 N–H and O–H groups in total. The number of nitrogens with one attached hydrogen (secondary N) is 1. The second-order valence-electron chi connectivity index (χ2n) is 6.05. The molecule has 3 rings (SSSR count). The quantitative estimate of drug-likeness (QED) is 0.826. The van der Waals surface area contributed by atoms with Gasteiger partial charge in [-0.1, -0.05) is 12.1 Å². The summed E-state index contributed by atoms with van der Waals surface area (Å²) < 4.78 is 5.43. The highest BCUT2D eigenvalue weighted by Crippen LogP contribution is 2.33. The molecule has 1 saturated heterocycles. The van der Waals surface area contributed by atoms with Gasteiger partial charge < -0.3 is 9.73 Å². The van der Waals surface area contributed by atoms with Crippen LogP contribution in [0.1, 0.15) is 22.6 Å². The first kappa shape index (κ1) is 18.0. The van der Waals surface area contributed by atoms with Crippen molar-refractivity contribution in [3.8, 4) is 0 Å². The van der Waals surface area contributed by atoms with Gasteiger partial charge in [0, 0.05) is 11.3 Å². The van der Waals surface area contributed by atoms with Crippen LogP contribution in [0.4, 0.5) is 10.5 Å². The van der Waals surface area contributed by atoms with Crippen molar-refractivity contribution in [1.82, 2.24) is 4.90 Å². The third kappa shape index (κ3) is 3.88. The van der Waals surface area contributed by atoms with Crippen molar-refractivity contribution in [1.29, 1.82) is 0 Å². The summed E-state index contributed by atoms with van der Waals surface area (Å²) in [6.45, 7) is 5.19. The van der Waals surface area contributed by atoms with Gasteiger partial charge in [-0.3, -0.25) is 19.3 Å². The van der Waals surface area contributed by atoms with Crippen molar-refractivity contribution in [3.05, 3.63) is 57.9 Å². The highest BCUT2D eigenvalue weighted by Gasteiger charge is 2.36. The van der Waals surface area contributed by atoms with Crippen LogP contribution < -0.4 is 5.32 Å². The van der Waals surface area contributed by atoms with E-state index >= 15 is 0 Å². The van der Waals surface area contributed by atoms with E-state index < -0.39 is 17.1 Å². The first-order chi connectivity index (χ1) is 12.3. The molecule has 1 fully saturated rings. The summed E-state index contributed by atoms with van der Waals surface area (Å²) in [5.41, 5.74) is 2.38. The number of furan rings is 1. The number of imide groups is 1. The zero-order chi connectivity index (χ0) is 18.8. The van der Waals surface area contributed by atoms with E-state index in [1.165, 1.54) is 0 Å². The van der Waals surface area contributed by atoms with Crippen LogP contribution in [0.15, 0.2) is 39.7 Å². The number of carbonyl (C=O) groups excluding carboxylic acids is 3. The Morgan fingerprint density at radius 2 is 2.00 bits per heavy atom. The summed E-state index contributed by atoms with van der Waals surface area (Å²) >= 11 is 0.822. The SMILES string of the molecule is Cc1cccc(NC(=O)CN2C(=O)S/C(=C\c3cc(C)oc3C)C2=O)c1. The maximum atomic E-state index is 12.5. The van der Waals surface area contributed by atoms with Crippen molar-refractivity contribution in [2.75, 3.05) is 11.9 Å². The van der Waals surface area contributed by atoms with E-state index in [1.807, 2.05) is 32.0 Å². The molecule has 0 spiro atoms. The van der Waals surface area contributed by atoms with Crippen LogP contribution in [-0.2, 0) is 9.59 Å². The number of nitrogens with zero attached hydrogens (tertiary/aromatic N) is 1. The molecular formula is C19H18N2O4S. The summed E-state index contributed by atoms with van der Waals surface area (Å²) in [5, 5.41) is 2.24. The molecule has 1 aliphatic heterocycles. The van der Waals surface area contributed by atoms with E-state index in [9.17, 15) is 14.4 Å². The van der Waals surface area contributed by atoms with Gasteiger partial charge in [0.2, 0.25) is 5.91 Å². The second kappa shape index (κ2) is 7.21. The van der Waals surface area contributed by atoms with Gasteiger partial charge in [-0.2, -0.15) is 0 Å². The Labute approximate surface area is 155 Å². The van der Waals surface area contributed by atoms with Gasteiger partial charge in [0.1, 0.15) is 18.1 Å². The van der Waals surface area contributed by atoms with Gasteiger partial charge >= 0.3 is 0 Å². The Morgan fingerprint density at radius 3 is 2.65 bits per heavy atom. The molecule has 1 aromatic heterocycles. The lowest BCUT2D eigenvalue weighted by molar-refractivity contribution is -0.127. The molecule has 1 aromatic carbocycles. The number of amides is 3. The molecule has 0 radical (unpaired) electrons. The molecular weight excluding hydrogens is 352 g/mol. The Hall–Kier alpha value is -2.80. The highest BCUT2D eigenvalue weighted by atomic mass is 32.2. The number of thioether (sulfide) groups is 1. The zero-order valence-corrected chi connectivity index (χ0v) is 15.5. The van der Waals surface area contributed by atoms with Gasteiger partial charge in [-0.15, -0.1) is 0 Å². The summed E-state index contributed by atoms with van der Waals surface area (Å²) in [6, 6.07) is 9.10. The topological polar surface area (TPSA) is 79.6 Å². The minimum atomic E-state index is -0.474. The number of hydrogen-bond acceptors (Lipinski definition) is 5. The molecule has 134 valence electrons. The average molecular weight is 370 g/mol. The number of aryl methyl sites for hydroxylation is 3. The molecule has 2 aromatic rings. The fourth-order valence-electron chi connectivity index (χ4n) is 2.64. The minimum absolute atomic E-state index is 0.280. The van der Waals surface area contributed by atoms with Crippen molar-refractivity contribution in [3.63, 3.8) is 0 Å². The number of anilines is 1. The van der Waals surface area contributed by atoms with Gasteiger partial charge in [0.25, 0.3) is 11.1 Å². The van der Waals surface area contributed by atoms with Gasteiger partial charge in [-0.05, 0) is 62.4 Å². The number of benzene rings is 1. The lowest BCUT2D eigenvalue weighted by atomic mass is 10.2. The van der Waals surface area contributed by atoms with Gasteiger partial charge in [0.05, 0.1) is 4.91 Å². The molecule has 7 heteroatoms. The minimum Gasteiger partial charge on any atom is -0.466 e. The standard InChI is InChI=1S/C19H18N2O4S/c1-11-5-4-6-15(7-11)20-17(22)10-21-18(23)16(26-19(21)24)9-14-8-12(2)25-13(14)3/h4-9H,10H2,1-3H3,(H,20,22)/b16-9-. The Balaban J connectivity index is 1.71. The number of hydrogen-bond donors (Lipinski definition) is 1. The Bertz CT molecular complexity index is 929. The number of carbonyl (C=O) groups is 3. The van der Waals surface area contributed by atoms with Crippen LogP contribution in [0.2, 0.25) is 0 Å². The van der Waals surface area contributed by atoms with Gasteiger partial charge in [-0.25, -0.2) is 0 Å². The van der Waals surface area contributed by atoms with E-state index in [0.29, 0.717) is 11.4 Å². The molecule has 0 atom stereocenters. The van der Waals surface area contributed by atoms with Crippen LogP contribution in [0.25, 0.3) is 6.08 Å². The second-order valence-corrected chi connectivity index (χ2v) is 7.05. The maximum Gasteiger partial charge on any atom is 0.294 e. The van der Waals surface area contributed by atoms with Crippen molar-refractivity contribution >= 4 is 40.6 Å². The molecule has 3 amide bonds. The summed E-state index contributed by atoms with van der Waals surface area (Å²) in [6.07, 6.45) is 1.62. The van der Waals surface area contributed by atoms with Crippen LogP contribution in [0, 0.1) is 20.8 Å². The van der Waals surface area contributed by atoms with Crippen molar-refractivity contribution in [2.24, 2.45) is 0 Å². The molecule has 26 heavy (non-hydrogen) atoms. The number of rotatable bonds is 4. The van der Waals surface area contributed by atoms with E-state index in [1.54, 1.807) is 25.1 Å². The van der Waals surface area contributed by atoms with E-state index in [2.05, 4.69) is 5.32 Å². The van der Waals surface area contributed by atoms with Crippen molar-refractivity contribution < 1.29 is 18.8 Å². The average Bonchev–Trinajstić information content (AvgIpc) is 3.00. The predicted octanol–water partition coefficient (Wildman–Crippen LogP) is 3.88. The molecule has 6 nitrogen and oxygen atoms in total. The molecule has 1 aliphatic rings. The van der Waals surface area contributed by atoms with Crippen LogP contribution in [-0.4, -0.2) is 28.5 Å². The lowest BCUT2D eigenvalue weighted by Gasteiger charge is -2.12. The molecule has 0 unspecified atom stereocenters. The summed E-state index contributed by atoms with van der Waals surface area (Å²) in [4.78, 5) is 38.0. The monoisotopic (exact) mass is 370 g/mol. The fraction of sp³-hybridized carbons (Fsp3) is 0.211. The van der Waals surface area contributed by atoms with E-state index in [-0.39, 0.29) is 11.4 Å². The van der Waals surface area contributed by atoms with Crippen LogP contribution in [0.5, 0.6) is 0 Å². The van der Waals surface area contributed by atoms with Crippen LogP contribution in [0.3, 0.4) is 0 Å². The van der Waals surface area contributed by atoms with Crippen LogP contribution >= 0.6 is 11.8 Å². The smallest absolute Gasteiger partial charge is 0.294 e. The predicted molar refractivity (Wildman–Crippen MR) is 101 cm³/mol. The molecule has 0 aliphatic carbocycles. The fourth-order valence-corrected chi connectivity index (χ4v) is 3.47. The van der Waals surface area contributed by atoms with E-state index in [4.69, 9.17) is 4.42 Å². The first-order valence-electron chi connectivity index (χ1n) is 8.02. The molecule has 2 heterocycles. The zero-order valence-electron chi connectivity index (χ0n) is 14.7. The third-order valence-corrected chi connectivity index (χ3v) is 4.75. The third-order valence-electron chi connectivity index (χ3n) is 3.84. The highest BCUT2D eigenvalue weighted by molar-refractivity contribution is 8.18.